The van der Waals surface area contributed by atoms with E-state index in [0.717, 1.165) is 17.7 Å². The first-order valence-electron chi connectivity index (χ1n) is 6.96. The third-order valence-corrected chi connectivity index (χ3v) is 7.93. The zero-order valence-corrected chi connectivity index (χ0v) is 14.6. The highest BCUT2D eigenvalue weighted by Gasteiger charge is 2.36. The van der Waals surface area contributed by atoms with Crippen molar-refractivity contribution >= 4 is 39.2 Å². The molecule has 0 unspecified atom stereocenters. The highest BCUT2D eigenvalue weighted by molar-refractivity contribution is 8.01. The van der Waals surface area contributed by atoms with Crippen LogP contribution in [0.4, 0.5) is 5.69 Å². The normalized spacial score (nSPS) is 17.4. The number of para-hydroxylation sites is 1. The van der Waals surface area contributed by atoms with E-state index >= 15 is 0 Å². The number of thioether (sulfide) groups is 2. The number of nitrogen functional groups attached to an aromatic ring is 1. The van der Waals surface area contributed by atoms with Gasteiger partial charge in [0.2, 0.25) is 10.0 Å². The minimum atomic E-state index is -3.21. The summed E-state index contributed by atoms with van der Waals surface area (Å²) in [6.07, 6.45) is 5.46. The third kappa shape index (κ3) is 4.81. The number of hydrogen-bond donors (Lipinski definition) is 2. The smallest absolute Gasteiger partial charge is 0.212 e. The van der Waals surface area contributed by atoms with Crippen LogP contribution in [0.15, 0.2) is 29.2 Å². The molecule has 0 aliphatic heterocycles. The molecule has 3 N–H and O–H groups in total. The van der Waals surface area contributed by atoms with Crippen LogP contribution >= 0.6 is 23.5 Å². The molecule has 0 spiro atoms. The Hall–Kier alpha value is -0.370. The molecule has 0 amide bonds. The Morgan fingerprint density at radius 3 is 2.62 bits per heavy atom. The Labute approximate surface area is 135 Å². The summed E-state index contributed by atoms with van der Waals surface area (Å²) in [5.74, 6) is 0.631. The fourth-order valence-electron chi connectivity index (χ4n) is 2.21. The molecular formula is C14H22N2O2S3. The van der Waals surface area contributed by atoms with E-state index in [0.29, 0.717) is 18.0 Å². The molecule has 7 heteroatoms. The highest BCUT2D eigenvalue weighted by atomic mass is 32.2. The van der Waals surface area contributed by atoms with E-state index < -0.39 is 10.0 Å². The summed E-state index contributed by atoms with van der Waals surface area (Å²) in [6.45, 7) is 0.550. The molecular weight excluding hydrogens is 324 g/mol. The molecule has 1 aromatic carbocycles. The van der Waals surface area contributed by atoms with Crippen molar-refractivity contribution in [2.24, 2.45) is 0 Å². The lowest BCUT2D eigenvalue weighted by Gasteiger charge is -2.40. The van der Waals surface area contributed by atoms with E-state index in [-0.39, 0.29) is 10.5 Å². The third-order valence-electron chi connectivity index (χ3n) is 3.84. The van der Waals surface area contributed by atoms with Gasteiger partial charge in [-0.3, -0.25) is 0 Å². The minimum Gasteiger partial charge on any atom is -0.398 e. The summed E-state index contributed by atoms with van der Waals surface area (Å²) < 4.78 is 27.0. The number of hydrogen-bond acceptors (Lipinski definition) is 5. The Morgan fingerprint density at radius 1 is 1.33 bits per heavy atom. The van der Waals surface area contributed by atoms with Crippen molar-refractivity contribution in [3.8, 4) is 0 Å². The summed E-state index contributed by atoms with van der Waals surface area (Å²) >= 11 is 3.26. The van der Waals surface area contributed by atoms with Crippen molar-refractivity contribution < 1.29 is 8.42 Å². The van der Waals surface area contributed by atoms with E-state index in [1.165, 1.54) is 18.2 Å². The van der Waals surface area contributed by atoms with Crippen molar-refractivity contribution in [2.45, 2.75) is 28.9 Å². The van der Waals surface area contributed by atoms with Gasteiger partial charge in [-0.2, -0.15) is 11.8 Å². The van der Waals surface area contributed by atoms with Crippen molar-refractivity contribution in [3.63, 3.8) is 0 Å². The largest absolute Gasteiger partial charge is 0.398 e. The fourth-order valence-corrected chi connectivity index (χ4v) is 5.70. The number of sulfonamides is 1. The monoisotopic (exact) mass is 346 g/mol. The van der Waals surface area contributed by atoms with Gasteiger partial charge in [-0.1, -0.05) is 18.6 Å². The van der Waals surface area contributed by atoms with Gasteiger partial charge in [-0.05, 0) is 31.2 Å². The van der Waals surface area contributed by atoms with Gasteiger partial charge in [0.15, 0.2) is 0 Å². The van der Waals surface area contributed by atoms with Crippen LogP contribution in [0.3, 0.4) is 0 Å². The van der Waals surface area contributed by atoms with Gasteiger partial charge < -0.3 is 5.73 Å². The molecule has 0 heterocycles. The minimum absolute atomic E-state index is 0.121. The number of anilines is 1. The first kappa shape index (κ1) is 17.0. The van der Waals surface area contributed by atoms with Gasteiger partial charge in [0.05, 0.1) is 5.75 Å². The molecule has 0 bridgehead atoms. The van der Waals surface area contributed by atoms with Crippen molar-refractivity contribution in [1.29, 1.82) is 0 Å². The number of nitrogens with one attached hydrogen (secondary N) is 1. The lowest BCUT2D eigenvalue weighted by molar-refractivity contribution is 0.362. The topological polar surface area (TPSA) is 72.2 Å². The molecule has 0 aromatic heterocycles. The van der Waals surface area contributed by atoms with E-state index in [4.69, 9.17) is 5.73 Å². The van der Waals surface area contributed by atoms with Gasteiger partial charge in [0.1, 0.15) is 0 Å². The molecule has 0 radical (unpaired) electrons. The zero-order chi connectivity index (χ0) is 15.3. The van der Waals surface area contributed by atoms with Gasteiger partial charge >= 0.3 is 0 Å². The molecule has 118 valence electrons. The quantitative estimate of drug-likeness (QED) is 0.559. The summed E-state index contributed by atoms with van der Waals surface area (Å²) in [5, 5.41) is 0. The summed E-state index contributed by atoms with van der Waals surface area (Å²) in [6, 6.07) is 7.52. The standard InChI is InChI=1S/C14H22N2O2S3/c1-19-14(7-4-8-14)11-16-21(17,18)10-9-20-13-6-3-2-5-12(13)15/h2-3,5-6,16H,4,7-11,15H2,1H3. The molecule has 1 saturated carbocycles. The molecule has 21 heavy (non-hydrogen) atoms. The summed E-state index contributed by atoms with van der Waals surface area (Å²) in [5.41, 5.74) is 6.54. The second-order valence-electron chi connectivity index (χ2n) is 5.27. The van der Waals surface area contributed by atoms with Gasteiger partial charge in [-0.15, -0.1) is 11.8 Å². The maximum absolute atomic E-state index is 12.0. The molecule has 1 fully saturated rings. The summed E-state index contributed by atoms with van der Waals surface area (Å²) in [7, 11) is -3.21. The molecule has 0 atom stereocenters. The number of benzene rings is 1. The Balaban J connectivity index is 1.78. The first-order chi connectivity index (χ1) is 9.96. The maximum atomic E-state index is 12.0. The van der Waals surface area contributed by atoms with Crippen molar-refractivity contribution in [1.82, 2.24) is 4.72 Å². The second-order valence-corrected chi connectivity index (χ2v) is 9.60. The van der Waals surface area contributed by atoms with Crippen LogP contribution in [0, 0.1) is 0 Å². The van der Waals surface area contributed by atoms with E-state index in [2.05, 4.69) is 11.0 Å². The first-order valence-corrected chi connectivity index (χ1v) is 10.8. The van der Waals surface area contributed by atoms with E-state index in [1.807, 2.05) is 24.3 Å². The van der Waals surface area contributed by atoms with E-state index in [9.17, 15) is 8.42 Å². The predicted octanol–water partition coefficient (Wildman–Crippen LogP) is 2.57. The lowest BCUT2D eigenvalue weighted by atomic mass is 9.84. The average Bonchev–Trinajstić information content (AvgIpc) is 2.40. The Bertz CT molecular complexity index is 566. The lowest BCUT2D eigenvalue weighted by Crippen LogP contribution is -2.45. The maximum Gasteiger partial charge on any atom is 0.212 e. The SMILES string of the molecule is CSC1(CNS(=O)(=O)CCSc2ccccc2N)CCC1. The highest BCUT2D eigenvalue weighted by Crippen LogP contribution is 2.42. The summed E-state index contributed by atoms with van der Waals surface area (Å²) in [4.78, 5) is 0.937. The van der Waals surface area contributed by atoms with Gasteiger partial charge in [-0.25, -0.2) is 13.1 Å². The molecule has 0 saturated heterocycles. The molecule has 1 aliphatic rings. The van der Waals surface area contributed by atoms with Crippen LogP contribution in [0.25, 0.3) is 0 Å². The van der Waals surface area contributed by atoms with Crippen LogP contribution in [0.1, 0.15) is 19.3 Å². The zero-order valence-electron chi connectivity index (χ0n) is 12.2. The second kappa shape index (κ2) is 7.26. The van der Waals surface area contributed by atoms with Gasteiger partial charge in [0.25, 0.3) is 0 Å². The van der Waals surface area contributed by atoms with E-state index in [1.54, 1.807) is 11.8 Å². The predicted molar refractivity (Wildman–Crippen MR) is 93.5 cm³/mol. The molecule has 1 aliphatic carbocycles. The molecule has 2 rings (SSSR count). The number of rotatable bonds is 8. The Kier molecular flexibility index (Phi) is 5.88. The van der Waals surface area contributed by atoms with Crippen LogP contribution in [-0.4, -0.2) is 37.5 Å². The Morgan fingerprint density at radius 2 is 2.05 bits per heavy atom. The average molecular weight is 347 g/mol. The van der Waals surface area contributed by atoms with Crippen LogP contribution in [0.5, 0.6) is 0 Å². The fraction of sp³-hybridized carbons (Fsp3) is 0.571. The van der Waals surface area contributed by atoms with Crippen LogP contribution in [0.2, 0.25) is 0 Å². The van der Waals surface area contributed by atoms with Crippen LogP contribution in [-0.2, 0) is 10.0 Å². The molecule has 4 nitrogen and oxygen atoms in total. The van der Waals surface area contributed by atoms with Crippen LogP contribution < -0.4 is 10.5 Å². The molecule has 1 aromatic rings. The van der Waals surface area contributed by atoms with Crippen molar-refractivity contribution in [3.05, 3.63) is 24.3 Å². The van der Waals surface area contributed by atoms with Gasteiger partial charge in [0, 0.05) is 27.6 Å². The van der Waals surface area contributed by atoms with Crippen molar-refractivity contribution in [2.75, 3.05) is 30.0 Å². The number of nitrogens with two attached hydrogens (primary N) is 1.